The average Bonchev–Trinajstić information content (AvgIpc) is 3.03. The molecule has 2 atom stereocenters. The van der Waals surface area contributed by atoms with E-state index in [1.54, 1.807) is 0 Å². The number of benzene rings is 1. The molecule has 0 heterocycles. The maximum Gasteiger partial charge on any atom is 0.416 e. The Bertz CT molecular complexity index is 526. The van der Waals surface area contributed by atoms with E-state index < -0.39 is 29.0 Å². The molecule has 1 aliphatic carbocycles. The zero-order valence-corrected chi connectivity index (χ0v) is 11.2. The maximum absolute atomic E-state index is 13.6. The highest BCUT2D eigenvalue weighted by atomic mass is 19.4. The van der Waals surface area contributed by atoms with Gasteiger partial charge in [0, 0.05) is 13.6 Å². The van der Waals surface area contributed by atoms with Crippen molar-refractivity contribution in [2.45, 2.75) is 19.5 Å². The van der Waals surface area contributed by atoms with Gasteiger partial charge in [-0.3, -0.25) is 4.79 Å². The summed E-state index contributed by atoms with van der Waals surface area (Å²) >= 11 is 0. The van der Waals surface area contributed by atoms with Gasteiger partial charge in [-0.25, -0.2) is 4.39 Å². The third kappa shape index (κ3) is 3.11. The topological polar surface area (TPSA) is 20.3 Å². The number of carbonyl (C=O) groups excluding carboxylic acids is 1. The fourth-order valence-electron chi connectivity index (χ4n) is 2.16. The molecule has 0 aliphatic heterocycles. The zero-order chi connectivity index (χ0) is 15.1. The Morgan fingerprint density at radius 1 is 1.40 bits per heavy atom. The Kier molecular flexibility index (Phi) is 3.75. The van der Waals surface area contributed by atoms with Crippen LogP contribution < -0.4 is 0 Å². The summed E-state index contributed by atoms with van der Waals surface area (Å²) in [7, 11) is 1.48. The molecule has 1 fully saturated rings. The van der Waals surface area contributed by atoms with Gasteiger partial charge in [-0.1, -0.05) is 6.92 Å². The van der Waals surface area contributed by atoms with Crippen molar-refractivity contribution in [3.8, 4) is 0 Å². The monoisotopic (exact) mass is 289 g/mol. The lowest BCUT2D eigenvalue weighted by molar-refractivity contribution is -0.137. The molecule has 0 bridgehead atoms. The summed E-state index contributed by atoms with van der Waals surface area (Å²) in [4.78, 5) is 13.3. The molecule has 2 unspecified atom stereocenters. The van der Waals surface area contributed by atoms with Gasteiger partial charge in [0.05, 0.1) is 11.1 Å². The summed E-state index contributed by atoms with van der Waals surface area (Å²) in [5.74, 6) is -0.777. The van der Waals surface area contributed by atoms with Crippen molar-refractivity contribution in [2.75, 3.05) is 13.6 Å². The summed E-state index contributed by atoms with van der Waals surface area (Å²) in [5.41, 5.74) is -1.55. The van der Waals surface area contributed by atoms with Gasteiger partial charge in [0.15, 0.2) is 0 Å². The lowest BCUT2D eigenvalue weighted by atomic mass is 10.1. The molecule has 2 rings (SSSR count). The molecule has 1 aliphatic rings. The normalized spacial score (nSPS) is 21.7. The first-order chi connectivity index (χ1) is 9.20. The molecule has 0 radical (unpaired) electrons. The standard InChI is InChI=1S/C14H15F4NO/c1-8-5-9(8)7-19(2)13(20)11-6-10(14(16,17)18)3-4-12(11)15/h3-4,6,8-9H,5,7H2,1-2H3. The molecular weight excluding hydrogens is 274 g/mol. The van der Waals surface area contributed by atoms with E-state index in [0.29, 0.717) is 36.6 Å². The molecule has 110 valence electrons. The van der Waals surface area contributed by atoms with Crippen LogP contribution in [-0.2, 0) is 6.18 Å². The van der Waals surface area contributed by atoms with E-state index in [1.165, 1.54) is 11.9 Å². The van der Waals surface area contributed by atoms with Crippen molar-refractivity contribution in [3.05, 3.63) is 35.1 Å². The number of halogens is 4. The first-order valence-corrected chi connectivity index (χ1v) is 6.32. The fraction of sp³-hybridized carbons (Fsp3) is 0.500. The molecule has 1 saturated carbocycles. The average molecular weight is 289 g/mol. The molecule has 0 aromatic heterocycles. The van der Waals surface area contributed by atoms with Gasteiger partial charge in [0.2, 0.25) is 0 Å². The summed E-state index contributed by atoms with van der Waals surface area (Å²) < 4.78 is 51.3. The second-order valence-corrected chi connectivity index (χ2v) is 5.35. The van der Waals surface area contributed by atoms with Gasteiger partial charge < -0.3 is 4.90 Å². The Morgan fingerprint density at radius 3 is 2.50 bits per heavy atom. The van der Waals surface area contributed by atoms with Crippen LogP contribution in [0.5, 0.6) is 0 Å². The van der Waals surface area contributed by atoms with E-state index in [2.05, 4.69) is 0 Å². The van der Waals surface area contributed by atoms with Gasteiger partial charge in [0.1, 0.15) is 5.82 Å². The minimum Gasteiger partial charge on any atom is -0.341 e. The van der Waals surface area contributed by atoms with Gasteiger partial charge in [-0.15, -0.1) is 0 Å². The molecule has 1 aromatic carbocycles. The third-order valence-electron chi connectivity index (χ3n) is 3.66. The quantitative estimate of drug-likeness (QED) is 0.779. The molecule has 20 heavy (non-hydrogen) atoms. The van der Waals surface area contributed by atoms with Crippen molar-refractivity contribution in [2.24, 2.45) is 11.8 Å². The molecule has 0 spiro atoms. The van der Waals surface area contributed by atoms with E-state index in [1.807, 2.05) is 6.92 Å². The van der Waals surface area contributed by atoms with Crippen molar-refractivity contribution in [1.29, 1.82) is 0 Å². The highest BCUT2D eigenvalue weighted by molar-refractivity contribution is 5.94. The first-order valence-electron chi connectivity index (χ1n) is 6.32. The van der Waals surface area contributed by atoms with Crippen molar-refractivity contribution in [3.63, 3.8) is 0 Å². The van der Waals surface area contributed by atoms with E-state index in [9.17, 15) is 22.4 Å². The highest BCUT2D eigenvalue weighted by Crippen LogP contribution is 2.38. The number of carbonyl (C=O) groups is 1. The van der Waals surface area contributed by atoms with Crippen molar-refractivity contribution >= 4 is 5.91 Å². The van der Waals surface area contributed by atoms with Crippen LogP contribution in [0.1, 0.15) is 29.3 Å². The summed E-state index contributed by atoms with van der Waals surface area (Å²) in [6, 6.07) is 1.89. The van der Waals surface area contributed by atoms with Crippen LogP contribution in [-0.4, -0.2) is 24.4 Å². The maximum atomic E-state index is 13.6. The predicted molar refractivity (Wildman–Crippen MR) is 65.6 cm³/mol. The van der Waals surface area contributed by atoms with Crippen LogP contribution in [0.25, 0.3) is 0 Å². The molecule has 0 N–H and O–H groups in total. The fourth-order valence-corrected chi connectivity index (χ4v) is 2.16. The number of alkyl halides is 3. The third-order valence-corrected chi connectivity index (χ3v) is 3.66. The van der Waals surface area contributed by atoms with E-state index in [-0.39, 0.29) is 0 Å². The van der Waals surface area contributed by atoms with Crippen LogP contribution in [0.4, 0.5) is 17.6 Å². The highest BCUT2D eigenvalue weighted by Gasteiger charge is 2.35. The second-order valence-electron chi connectivity index (χ2n) is 5.35. The first kappa shape index (κ1) is 14.8. The Labute approximate surface area is 114 Å². The van der Waals surface area contributed by atoms with Gasteiger partial charge in [-0.2, -0.15) is 13.2 Å². The summed E-state index contributed by atoms with van der Waals surface area (Å²) in [6.45, 7) is 2.48. The van der Waals surface area contributed by atoms with Crippen LogP contribution in [0, 0.1) is 17.7 Å². The number of nitrogens with zero attached hydrogens (tertiary/aromatic N) is 1. The van der Waals surface area contributed by atoms with Gasteiger partial charge >= 0.3 is 6.18 Å². The van der Waals surface area contributed by atoms with Gasteiger partial charge in [0.25, 0.3) is 5.91 Å². The molecule has 1 amide bonds. The predicted octanol–water partition coefficient (Wildman–Crippen LogP) is 3.57. The Balaban J connectivity index is 2.20. The molecule has 1 aromatic rings. The van der Waals surface area contributed by atoms with Crippen LogP contribution in [0.15, 0.2) is 18.2 Å². The smallest absolute Gasteiger partial charge is 0.341 e. The lowest BCUT2D eigenvalue weighted by Gasteiger charge is -2.18. The summed E-state index contributed by atoms with van der Waals surface area (Å²) in [5, 5.41) is 0. The minimum absolute atomic E-state index is 0.359. The van der Waals surface area contributed by atoms with Crippen molar-refractivity contribution < 1.29 is 22.4 Å². The lowest BCUT2D eigenvalue weighted by Crippen LogP contribution is -2.30. The SMILES string of the molecule is CC1CC1CN(C)C(=O)c1cc(C(F)(F)F)ccc1F. The molecular formula is C14H15F4NO. The van der Waals surface area contributed by atoms with E-state index >= 15 is 0 Å². The number of amides is 1. The van der Waals surface area contributed by atoms with Crippen LogP contribution in [0.2, 0.25) is 0 Å². The van der Waals surface area contributed by atoms with Gasteiger partial charge in [-0.05, 0) is 36.5 Å². The van der Waals surface area contributed by atoms with Crippen LogP contribution >= 0.6 is 0 Å². The largest absolute Gasteiger partial charge is 0.416 e. The van der Waals surface area contributed by atoms with E-state index in [4.69, 9.17) is 0 Å². The van der Waals surface area contributed by atoms with E-state index in [0.717, 1.165) is 6.42 Å². The number of rotatable bonds is 3. The zero-order valence-electron chi connectivity index (χ0n) is 11.2. The molecule has 6 heteroatoms. The van der Waals surface area contributed by atoms with Crippen LogP contribution in [0.3, 0.4) is 0 Å². The van der Waals surface area contributed by atoms with Crippen molar-refractivity contribution in [1.82, 2.24) is 4.90 Å². The second kappa shape index (κ2) is 5.07. The molecule has 2 nitrogen and oxygen atoms in total. The number of hydrogen-bond acceptors (Lipinski definition) is 1. The Hall–Kier alpha value is -1.59. The minimum atomic E-state index is -4.59. The summed E-state index contributed by atoms with van der Waals surface area (Å²) in [6.07, 6.45) is -3.60. The number of hydrogen-bond donors (Lipinski definition) is 0. The molecule has 0 saturated heterocycles. The Morgan fingerprint density at radius 2 is 2.00 bits per heavy atom.